The van der Waals surface area contributed by atoms with Gasteiger partial charge in [0.2, 0.25) is 0 Å². The van der Waals surface area contributed by atoms with E-state index in [0.29, 0.717) is 11.8 Å². The quantitative estimate of drug-likeness (QED) is 0.797. The first-order valence-electron chi connectivity index (χ1n) is 7.91. The molecule has 1 saturated carbocycles. The summed E-state index contributed by atoms with van der Waals surface area (Å²) >= 11 is 2.14. The molecule has 1 aromatic carbocycles. The molecule has 1 atom stereocenters. The van der Waals surface area contributed by atoms with Gasteiger partial charge >= 0.3 is 0 Å². The smallest absolute Gasteiger partial charge is 0.115 e. The maximum absolute atomic E-state index is 9.56. The molecular weight excluding hydrogens is 266 g/mol. The fraction of sp³-hybridized carbons (Fsp3) is 0.647. The van der Waals surface area contributed by atoms with E-state index in [2.05, 4.69) is 30.1 Å². The van der Waals surface area contributed by atoms with E-state index in [-0.39, 0.29) is 0 Å². The largest absolute Gasteiger partial charge is 0.508 e. The molecule has 3 heteroatoms. The first-order valence-corrected chi connectivity index (χ1v) is 8.95. The van der Waals surface area contributed by atoms with Crippen LogP contribution in [-0.4, -0.2) is 28.7 Å². The summed E-state index contributed by atoms with van der Waals surface area (Å²) < 4.78 is 0. The van der Waals surface area contributed by atoms with E-state index in [0.717, 1.165) is 18.2 Å². The number of benzene rings is 1. The minimum atomic E-state index is 0.373. The Morgan fingerprint density at radius 3 is 2.80 bits per heavy atom. The van der Waals surface area contributed by atoms with E-state index in [4.69, 9.17) is 0 Å². The number of rotatable bonds is 7. The van der Waals surface area contributed by atoms with Crippen LogP contribution in [0.1, 0.15) is 44.6 Å². The third kappa shape index (κ3) is 5.37. The van der Waals surface area contributed by atoms with Gasteiger partial charge < -0.3 is 10.4 Å². The first kappa shape index (κ1) is 15.7. The highest BCUT2D eigenvalue weighted by atomic mass is 32.2. The summed E-state index contributed by atoms with van der Waals surface area (Å²) in [4.78, 5) is 0. The molecule has 1 fully saturated rings. The molecule has 1 aliphatic carbocycles. The van der Waals surface area contributed by atoms with E-state index in [1.165, 1.54) is 43.4 Å². The molecule has 1 aliphatic rings. The lowest BCUT2D eigenvalue weighted by Crippen LogP contribution is -2.34. The van der Waals surface area contributed by atoms with E-state index in [1.807, 2.05) is 12.1 Å². The summed E-state index contributed by atoms with van der Waals surface area (Å²) in [7, 11) is 0. The highest BCUT2D eigenvalue weighted by Gasteiger charge is 2.16. The third-order valence-electron chi connectivity index (χ3n) is 3.97. The van der Waals surface area contributed by atoms with Crippen molar-refractivity contribution in [1.82, 2.24) is 5.32 Å². The van der Waals surface area contributed by atoms with Gasteiger partial charge in [0, 0.05) is 17.0 Å². The Morgan fingerprint density at radius 1 is 1.30 bits per heavy atom. The Labute approximate surface area is 127 Å². The molecule has 0 heterocycles. The normalized spacial score (nSPS) is 18.1. The Balaban J connectivity index is 1.82. The van der Waals surface area contributed by atoms with Crippen molar-refractivity contribution in [1.29, 1.82) is 0 Å². The number of hydrogen-bond acceptors (Lipinski definition) is 3. The van der Waals surface area contributed by atoms with Crippen molar-refractivity contribution in [2.75, 3.05) is 12.3 Å². The molecule has 0 spiro atoms. The Kier molecular flexibility index (Phi) is 6.74. The van der Waals surface area contributed by atoms with Crippen LogP contribution in [0.25, 0.3) is 0 Å². The molecule has 0 bridgehead atoms. The SMILES string of the molecule is CCNC(CSC1CCCCC1)Cc1cccc(O)c1. The van der Waals surface area contributed by atoms with Crippen molar-refractivity contribution in [3.63, 3.8) is 0 Å². The van der Waals surface area contributed by atoms with E-state index >= 15 is 0 Å². The molecular formula is C17H27NOS. The molecule has 2 N–H and O–H groups in total. The van der Waals surface area contributed by atoms with Gasteiger partial charge in [-0.05, 0) is 43.5 Å². The van der Waals surface area contributed by atoms with Crippen molar-refractivity contribution in [2.45, 2.75) is 56.7 Å². The van der Waals surface area contributed by atoms with Crippen LogP contribution in [-0.2, 0) is 6.42 Å². The average molecular weight is 293 g/mol. The average Bonchev–Trinajstić information content (AvgIpc) is 2.46. The fourth-order valence-corrected chi connectivity index (χ4v) is 4.34. The molecule has 0 saturated heterocycles. The van der Waals surface area contributed by atoms with Gasteiger partial charge in [-0.15, -0.1) is 0 Å². The molecule has 0 amide bonds. The Morgan fingerprint density at radius 2 is 2.10 bits per heavy atom. The van der Waals surface area contributed by atoms with Gasteiger partial charge in [0.05, 0.1) is 0 Å². The number of nitrogens with one attached hydrogen (secondary N) is 1. The summed E-state index contributed by atoms with van der Waals surface area (Å²) in [5.41, 5.74) is 1.22. The predicted molar refractivity (Wildman–Crippen MR) is 88.6 cm³/mol. The maximum atomic E-state index is 9.56. The lowest BCUT2D eigenvalue weighted by Gasteiger charge is -2.24. The Bertz CT molecular complexity index is 390. The number of likely N-dealkylation sites (N-methyl/N-ethyl adjacent to an activating group) is 1. The predicted octanol–water partition coefficient (Wildman–Crippen LogP) is 3.98. The number of phenolic OH excluding ortho intramolecular Hbond substituents is 1. The van der Waals surface area contributed by atoms with Gasteiger partial charge in [-0.25, -0.2) is 0 Å². The summed E-state index contributed by atoms with van der Waals surface area (Å²) in [5.74, 6) is 1.55. The minimum absolute atomic E-state index is 0.373. The Hall–Kier alpha value is -0.670. The van der Waals surface area contributed by atoms with E-state index in [9.17, 15) is 5.11 Å². The summed E-state index contributed by atoms with van der Waals surface area (Å²) in [6.45, 7) is 3.18. The summed E-state index contributed by atoms with van der Waals surface area (Å²) in [6, 6.07) is 8.17. The second-order valence-corrected chi connectivity index (χ2v) is 7.06. The highest BCUT2D eigenvalue weighted by Crippen LogP contribution is 2.29. The first-order chi connectivity index (χ1) is 9.78. The van der Waals surface area contributed by atoms with Gasteiger partial charge in [-0.1, -0.05) is 38.3 Å². The van der Waals surface area contributed by atoms with Crippen molar-refractivity contribution < 1.29 is 5.11 Å². The third-order valence-corrected chi connectivity index (χ3v) is 5.51. The standard InChI is InChI=1S/C17H27NOS/c1-2-18-15(11-14-7-6-8-16(19)12-14)13-20-17-9-4-3-5-10-17/h6-8,12,15,17-19H,2-5,9-11,13H2,1H3. The van der Waals surface area contributed by atoms with Crippen LogP contribution >= 0.6 is 11.8 Å². The van der Waals surface area contributed by atoms with Crippen LogP contribution in [0.5, 0.6) is 5.75 Å². The van der Waals surface area contributed by atoms with E-state index in [1.54, 1.807) is 6.07 Å². The van der Waals surface area contributed by atoms with Crippen LogP contribution in [0.15, 0.2) is 24.3 Å². The zero-order valence-corrected chi connectivity index (χ0v) is 13.3. The van der Waals surface area contributed by atoms with Crippen LogP contribution in [0.2, 0.25) is 0 Å². The molecule has 112 valence electrons. The number of aromatic hydroxyl groups is 1. The number of hydrogen-bond donors (Lipinski definition) is 2. The molecule has 0 aliphatic heterocycles. The van der Waals surface area contributed by atoms with Crippen LogP contribution in [0.3, 0.4) is 0 Å². The van der Waals surface area contributed by atoms with Gasteiger partial charge in [-0.3, -0.25) is 0 Å². The maximum Gasteiger partial charge on any atom is 0.115 e. The fourth-order valence-electron chi connectivity index (χ4n) is 2.93. The highest BCUT2D eigenvalue weighted by molar-refractivity contribution is 7.99. The van der Waals surface area contributed by atoms with Crippen molar-refractivity contribution in [3.05, 3.63) is 29.8 Å². The molecule has 1 aromatic rings. The molecule has 1 unspecified atom stereocenters. The lowest BCUT2D eigenvalue weighted by atomic mass is 10.0. The van der Waals surface area contributed by atoms with Gasteiger partial charge in [0.25, 0.3) is 0 Å². The molecule has 2 nitrogen and oxygen atoms in total. The molecule has 20 heavy (non-hydrogen) atoms. The topological polar surface area (TPSA) is 32.3 Å². The van der Waals surface area contributed by atoms with Crippen LogP contribution in [0, 0.1) is 0 Å². The lowest BCUT2D eigenvalue weighted by molar-refractivity contribution is 0.473. The number of thioether (sulfide) groups is 1. The molecule has 0 radical (unpaired) electrons. The second-order valence-electron chi connectivity index (χ2n) is 5.72. The van der Waals surface area contributed by atoms with Crippen molar-refractivity contribution >= 4 is 11.8 Å². The zero-order valence-electron chi connectivity index (χ0n) is 12.5. The second kappa shape index (κ2) is 8.58. The van der Waals surface area contributed by atoms with Crippen LogP contribution in [0.4, 0.5) is 0 Å². The van der Waals surface area contributed by atoms with Gasteiger partial charge in [0.1, 0.15) is 5.75 Å². The molecule has 0 aromatic heterocycles. The van der Waals surface area contributed by atoms with Gasteiger partial charge in [-0.2, -0.15) is 11.8 Å². The van der Waals surface area contributed by atoms with Crippen molar-refractivity contribution in [3.8, 4) is 5.75 Å². The molecule has 2 rings (SSSR count). The summed E-state index contributed by atoms with van der Waals surface area (Å²) in [5, 5.41) is 14.0. The van der Waals surface area contributed by atoms with E-state index < -0.39 is 0 Å². The number of phenols is 1. The van der Waals surface area contributed by atoms with Crippen molar-refractivity contribution in [2.24, 2.45) is 0 Å². The van der Waals surface area contributed by atoms with Crippen LogP contribution < -0.4 is 5.32 Å². The minimum Gasteiger partial charge on any atom is -0.508 e. The van der Waals surface area contributed by atoms with Gasteiger partial charge in [0.15, 0.2) is 0 Å². The summed E-state index contributed by atoms with van der Waals surface area (Å²) in [6.07, 6.45) is 8.05. The monoisotopic (exact) mass is 293 g/mol. The zero-order chi connectivity index (χ0) is 14.2.